The largest absolute Gasteiger partial charge is 0.497 e. The molecule has 0 N–H and O–H groups in total. The van der Waals surface area contributed by atoms with Gasteiger partial charge in [0.25, 0.3) is 0 Å². The number of hydrogen-bond donors (Lipinski definition) is 0. The number of oxazole rings is 1. The minimum atomic E-state index is -0.185. The fourth-order valence-electron chi connectivity index (χ4n) is 3.14. The lowest BCUT2D eigenvalue weighted by molar-refractivity contribution is -0.151. The number of esters is 1. The fraction of sp³-hybridized carbons (Fsp3) is 0.474. The number of benzene rings is 1. The monoisotopic (exact) mass is 344 g/mol. The SMILES string of the molecule is CCOC(=O)C1CCCCN1Cc1coc(-c2ccc(OC)cc2)n1. The maximum Gasteiger partial charge on any atom is 0.323 e. The molecule has 1 aliphatic rings. The standard InChI is InChI=1S/C19H24N2O4/c1-3-24-19(22)17-6-4-5-11-21(17)12-15-13-25-18(20-15)14-7-9-16(23-2)10-8-14/h7-10,13,17H,3-6,11-12H2,1-2H3. The average Bonchev–Trinajstić information content (AvgIpc) is 3.11. The molecule has 1 aliphatic heterocycles. The van der Waals surface area contributed by atoms with Crippen LogP contribution < -0.4 is 4.74 Å². The molecule has 1 unspecified atom stereocenters. The minimum Gasteiger partial charge on any atom is -0.497 e. The van der Waals surface area contributed by atoms with Gasteiger partial charge in [0.15, 0.2) is 0 Å². The van der Waals surface area contributed by atoms with Crippen molar-refractivity contribution in [2.24, 2.45) is 0 Å². The number of carbonyl (C=O) groups is 1. The van der Waals surface area contributed by atoms with Crippen molar-refractivity contribution in [1.29, 1.82) is 0 Å². The van der Waals surface area contributed by atoms with Crippen molar-refractivity contribution in [3.05, 3.63) is 36.2 Å². The first-order valence-corrected chi connectivity index (χ1v) is 8.70. The summed E-state index contributed by atoms with van der Waals surface area (Å²) in [5.74, 6) is 1.23. The summed E-state index contributed by atoms with van der Waals surface area (Å²) in [7, 11) is 1.64. The van der Waals surface area contributed by atoms with Gasteiger partial charge in [-0.1, -0.05) is 6.42 Å². The van der Waals surface area contributed by atoms with Crippen LogP contribution in [0.4, 0.5) is 0 Å². The molecule has 0 spiro atoms. The van der Waals surface area contributed by atoms with E-state index in [2.05, 4.69) is 9.88 Å². The summed E-state index contributed by atoms with van der Waals surface area (Å²) in [4.78, 5) is 18.9. The molecule has 0 radical (unpaired) electrons. The molecular formula is C19H24N2O4. The van der Waals surface area contributed by atoms with E-state index in [0.717, 1.165) is 42.8 Å². The lowest BCUT2D eigenvalue weighted by Gasteiger charge is -2.33. The molecule has 0 aliphatic carbocycles. The zero-order chi connectivity index (χ0) is 17.6. The molecule has 1 aromatic heterocycles. The van der Waals surface area contributed by atoms with Crippen LogP contribution in [-0.2, 0) is 16.1 Å². The number of carbonyl (C=O) groups excluding carboxylic acids is 1. The Balaban J connectivity index is 1.69. The second-order valence-electron chi connectivity index (χ2n) is 6.11. The highest BCUT2D eigenvalue weighted by Gasteiger charge is 2.30. The third kappa shape index (κ3) is 4.20. The van der Waals surface area contributed by atoms with Crippen molar-refractivity contribution < 1.29 is 18.7 Å². The molecule has 1 aromatic carbocycles. The molecule has 2 aromatic rings. The van der Waals surface area contributed by atoms with E-state index in [4.69, 9.17) is 13.9 Å². The highest BCUT2D eigenvalue weighted by Crippen LogP contribution is 2.24. The smallest absolute Gasteiger partial charge is 0.323 e. The van der Waals surface area contributed by atoms with Crippen molar-refractivity contribution in [1.82, 2.24) is 9.88 Å². The van der Waals surface area contributed by atoms with Crippen LogP contribution in [0.3, 0.4) is 0 Å². The van der Waals surface area contributed by atoms with Crippen LogP contribution in [-0.4, -0.2) is 42.2 Å². The summed E-state index contributed by atoms with van der Waals surface area (Å²) in [5.41, 5.74) is 1.72. The molecule has 134 valence electrons. The van der Waals surface area contributed by atoms with Crippen LogP contribution >= 0.6 is 0 Å². The molecule has 25 heavy (non-hydrogen) atoms. The Morgan fingerprint density at radius 3 is 2.84 bits per heavy atom. The van der Waals surface area contributed by atoms with Gasteiger partial charge in [0, 0.05) is 12.1 Å². The molecule has 2 heterocycles. The maximum absolute atomic E-state index is 12.2. The van der Waals surface area contributed by atoms with Gasteiger partial charge in [-0.05, 0) is 50.6 Å². The van der Waals surface area contributed by atoms with Crippen LogP contribution in [0.25, 0.3) is 11.5 Å². The van der Waals surface area contributed by atoms with Gasteiger partial charge in [-0.3, -0.25) is 9.69 Å². The van der Waals surface area contributed by atoms with Crippen LogP contribution in [0.5, 0.6) is 5.75 Å². The Bertz CT molecular complexity index is 696. The van der Waals surface area contributed by atoms with Crippen molar-refractivity contribution in [2.45, 2.75) is 38.8 Å². The summed E-state index contributed by atoms with van der Waals surface area (Å²) in [6.07, 6.45) is 4.63. The summed E-state index contributed by atoms with van der Waals surface area (Å²) in [6, 6.07) is 7.39. The molecular weight excluding hydrogens is 320 g/mol. The Hall–Kier alpha value is -2.34. The number of hydrogen-bond acceptors (Lipinski definition) is 6. The van der Waals surface area contributed by atoms with Gasteiger partial charge in [-0.2, -0.15) is 0 Å². The maximum atomic E-state index is 12.2. The molecule has 3 rings (SSSR count). The Morgan fingerprint density at radius 1 is 1.32 bits per heavy atom. The normalized spacial score (nSPS) is 18.1. The van der Waals surface area contributed by atoms with Crippen LogP contribution in [0.1, 0.15) is 31.9 Å². The molecule has 6 heteroatoms. The van der Waals surface area contributed by atoms with Crippen molar-refractivity contribution in [2.75, 3.05) is 20.3 Å². The molecule has 0 bridgehead atoms. The first-order chi connectivity index (χ1) is 12.2. The Labute approximate surface area is 147 Å². The quantitative estimate of drug-likeness (QED) is 0.750. The second kappa shape index (κ2) is 8.16. The molecule has 1 atom stereocenters. The lowest BCUT2D eigenvalue weighted by atomic mass is 10.0. The van der Waals surface area contributed by atoms with E-state index >= 15 is 0 Å². The topological polar surface area (TPSA) is 64.8 Å². The zero-order valence-corrected chi connectivity index (χ0v) is 14.7. The van der Waals surface area contributed by atoms with E-state index in [-0.39, 0.29) is 12.0 Å². The summed E-state index contributed by atoms with van der Waals surface area (Å²) >= 11 is 0. The Morgan fingerprint density at radius 2 is 2.12 bits per heavy atom. The first-order valence-electron chi connectivity index (χ1n) is 8.70. The second-order valence-corrected chi connectivity index (χ2v) is 6.11. The van der Waals surface area contributed by atoms with Gasteiger partial charge >= 0.3 is 5.97 Å². The third-order valence-corrected chi connectivity index (χ3v) is 4.43. The highest BCUT2D eigenvalue weighted by molar-refractivity contribution is 5.75. The first kappa shape index (κ1) is 17.5. The predicted molar refractivity (Wildman–Crippen MR) is 93.2 cm³/mol. The molecule has 0 saturated carbocycles. The number of nitrogens with zero attached hydrogens (tertiary/aromatic N) is 2. The number of piperidine rings is 1. The lowest BCUT2D eigenvalue weighted by Crippen LogP contribution is -2.45. The molecule has 1 saturated heterocycles. The zero-order valence-electron chi connectivity index (χ0n) is 14.7. The number of aromatic nitrogens is 1. The van der Waals surface area contributed by atoms with E-state index in [1.807, 2.05) is 31.2 Å². The highest BCUT2D eigenvalue weighted by atomic mass is 16.5. The van der Waals surface area contributed by atoms with Gasteiger partial charge < -0.3 is 13.9 Å². The minimum absolute atomic E-state index is 0.138. The van der Waals surface area contributed by atoms with Gasteiger partial charge in [-0.25, -0.2) is 4.98 Å². The Kier molecular flexibility index (Phi) is 5.71. The van der Waals surface area contributed by atoms with Crippen molar-refractivity contribution in [3.8, 4) is 17.2 Å². The van der Waals surface area contributed by atoms with Gasteiger partial charge in [-0.15, -0.1) is 0 Å². The van der Waals surface area contributed by atoms with E-state index in [0.29, 0.717) is 19.0 Å². The summed E-state index contributed by atoms with van der Waals surface area (Å²) < 4.78 is 16.0. The van der Waals surface area contributed by atoms with E-state index in [1.165, 1.54) is 0 Å². The van der Waals surface area contributed by atoms with Crippen LogP contribution in [0, 0.1) is 0 Å². The molecule has 6 nitrogen and oxygen atoms in total. The van der Waals surface area contributed by atoms with Crippen LogP contribution in [0.15, 0.2) is 34.9 Å². The third-order valence-electron chi connectivity index (χ3n) is 4.43. The van der Waals surface area contributed by atoms with Gasteiger partial charge in [0.05, 0.1) is 19.4 Å². The van der Waals surface area contributed by atoms with Crippen molar-refractivity contribution in [3.63, 3.8) is 0 Å². The van der Waals surface area contributed by atoms with Crippen LogP contribution in [0.2, 0.25) is 0 Å². The molecule has 0 amide bonds. The van der Waals surface area contributed by atoms with E-state index in [9.17, 15) is 4.79 Å². The van der Waals surface area contributed by atoms with Gasteiger partial charge in [0.1, 0.15) is 18.1 Å². The summed E-state index contributed by atoms with van der Waals surface area (Å²) in [5, 5.41) is 0. The number of methoxy groups -OCH3 is 1. The summed E-state index contributed by atoms with van der Waals surface area (Å²) in [6.45, 7) is 3.70. The number of rotatable bonds is 6. The number of ether oxygens (including phenoxy) is 2. The van der Waals surface area contributed by atoms with Gasteiger partial charge in [0.2, 0.25) is 5.89 Å². The van der Waals surface area contributed by atoms with E-state index in [1.54, 1.807) is 13.4 Å². The molecule has 1 fully saturated rings. The number of likely N-dealkylation sites (tertiary alicyclic amines) is 1. The average molecular weight is 344 g/mol. The fourth-order valence-corrected chi connectivity index (χ4v) is 3.14. The predicted octanol–water partition coefficient (Wildman–Crippen LogP) is 3.27. The van der Waals surface area contributed by atoms with E-state index < -0.39 is 0 Å². The van der Waals surface area contributed by atoms with Crippen molar-refractivity contribution >= 4 is 5.97 Å².